The van der Waals surface area contributed by atoms with Gasteiger partial charge in [0.15, 0.2) is 5.78 Å². The van der Waals surface area contributed by atoms with Crippen molar-refractivity contribution in [1.82, 2.24) is 0 Å². The lowest BCUT2D eigenvalue weighted by Gasteiger charge is -2.28. The first-order chi connectivity index (χ1) is 10.1. The molecule has 0 fully saturated rings. The van der Waals surface area contributed by atoms with Crippen molar-refractivity contribution in [3.63, 3.8) is 0 Å². The highest BCUT2D eigenvalue weighted by molar-refractivity contribution is 9.10. The maximum Gasteiger partial charge on any atom is 0.227 e. The van der Waals surface area contributed by atoms with Gasteiger partial charge in [-0.2, -0.15) is 0 Å². The first-order valence-corrected chi connectivity index (χ1v) is 7.61. The highest BCUT2D eigenvalue weighted by Gasteiger charge is 2.25. The number of anilines is 1. The van der Waals surface area contributed by atoms with E-state index in [1.54, 1.807) is 17.0 Å². The first-order valence-electron chi connectivity index (χ1n) is 6.82. The average Bonchev–Trinajstić information content (AvgIpc) is 2.51. The highest BCUT2D eigenvalue weighted by atomic mass is 79.9. The third kappa shape index (κ3) is 2.90. The molecule has 4 heteroatoms. The number of nitrogens with zero attached hydrogens (tertiary/aromatic N) is 1. The molecule has 0 atom stereocenters. The molecule has 1 amide bonds. The molecule has 1 aliphatic heterocycles. The Morgan fingerprint density at radius 1 is 1.05 bits per heavy atom. The van der Waals surface area contributed by atoms with E-state index in [0.717, 1.165) is 22.1 Å². The molecule has 0 unspecified atom stereocenters. The number of carbonyl (C=O) groups excluding carboxylic acids is 2. The zero-order valence-electron chi connectivity index (χ0n) is 11.4. The summed E-state index contributed by atoms with van der Waals surface area (Å²) in [6, 6.07) is 15.0. The molecule has 3 rings (SSSR count). The highest BCUT2D eigenvalue weighted by Crippen LogP contribution is 2.27. The van der Waals surface area contributed by atoms with Gasteiger partial charge in [0, 0.05) is 22.1 Å². The van der Waals surface area contributed by atoms with Crippen LogP contribution in [0, 0.1) is 0 Å². The van der Waals surface area contributed by atoms with Crippen LogP contribution in [-0.2, 0) is 11.2 Å². The predicted octanol–water partition coefficient (Wildman–Crippen LogP) is 3.61. The average molecular weight is 344 g/mol. The third-order valence-electron chi connectivity index (χ3n) is 3.66. The fourth-order valence-corrected chi connectivity index (χ4v) is 2.80. The Kier molecular flexibility index (Phi) is 3.88. The van der Waals surface area contributed by atoms with Crippen molar-refractivity contribution >= 4 is 33.3 Å². The van der Waals surface area contributed by atoms with Gasteiger partial charge in [0.05, 0.1) is 6.54 Å². The molecule has 0 radical (unpaired) electrons. The smallest absolute Gasteiger partial charge is 0.227 e. The summed E-state index contributed by atoms with van der Waals surface area (Å²) < 4.78 is 0.929. The summed E-state index contributed by atoms with van der Waals surface area (Å²) in [7, 11) is 0. The van der Waals surface area contributed by atoms with E-state index in [-0.39, 0.29) is 18.2 Å². The van der Waals surface area contributed by atoms with E-state index in [1.807, 2.05) is 36.4 Å². The fraction of sp³-hybridized carbons (Fsp3) is 0.176. The fourth-order valence-electron chi connectivity index (χ4n) is 2.54. The molecule has 1 heterocycles. The molecule has 21 heavy (non-hydrogen) atoms. The number of ketones is 1. The van der Waals surface area contributed by atoms with E-state index < -0.39 is 0 Å². The molecule has 3 nitrogen and oxygen atoms in total. The second-order valence-corrected chi connectivity index (χ2v) is 5.95. The first kappa shape index (κ1) is 14.0. The lowest BCUT2D eigenvalue weighted by molar-refractivity contribution is -0.118. The van der Waals surface area contributed by atoms with Gasteiger partial charge >= 0.3 is 0 Å². The minimum atomic E-state index is -0.0486. The number of amides is 1. The lowest BCUT2D eigenvalue weighted by atomic mass is 10.0. The molecule has 0 N–H and O–H groups in total. The van der Waals surface area contributed by atoms with E-state index in [1.165, 1.54) is 0 Å². The number of benzene rings is 2. The van der Waals surface area contributed by atoms with E-state index >= 15 is 0 Å². The number of carbonyl (C=O) groups is 2. The molecule has 0 bridgehead atoms. The summed E-state index contributed by atoms with van der Waals surface area (Å²) in [5.41, 5.74) is 2.61. The number of aryl methyl sites for hydroxylation is 1. The molecule has 0 aromatic heterocycles. The van der Waals surface area contributed by atoms with Crippen LogP contribution < -0.4 is 4.90 Å². The second-order valence-electron chi connectivity index (χ2n) is 5.04. The molecular weight excluding hydrogens is 330 g/mol. The van der Waals surface area contributed by atoms with E-state index in [0.29, 0.717) is 12.0 Å². The minimum Gasteiger partial charge on any atom is -0.304 e. The van der Waals surface area contributed by atoms with Crippen LogP contribution in [0.3, 0.4) is 0 Å². The monoisotopic (exact) mass is 343 g/mol. The number of para-hydroxylation sites is 1. The quantitative estimate of drug-likeness (QED) is 0.798. The maximum absolute atomic E-state index is 12.4. The molecule has 0 saturated heterocycles. The standard InChI is InChI=1S/C17H14BrNO2/c18-14-8-5-13(6-9-14)16(20)11-19-15-4-2-1-3-12(15)7-10-17(19)21/h1-6,8-9H,7,10-11H2. The van der Waals surface area contributed by atoms with Gasteiger partial charge in [-0.15, -0.1) is 0 Å². The largest absolute Gasteiger partial charge is 0.304 e. The Hall–Kier alpha value is -1.94. The van der Waals surface area contributed by atoms with Crippen LogP contribution in [0.1, 0.15) is 22.3 Å². The Morgan fingerprint density at radius 2 is 1.76 bits per heavy atom. The SMILES string of the molecule is O=C(CN1C(=O)CCc2ccccc21)c1ccc(Br)cc1. The van der Waals surface area contributed by atoms with Crippen molar-refractivity contribution in [2.75, 3.05) is 11.4 Å². The van der Waals surface area contributed by atoms with E-state index in [4.69, 9.17) is 0 Å². The van der Waals surface area contributed by atoms with Crippen molar-refractivity contribution in [2.45, 2.75) is 12.8 Å². The van der Waals surface area contributed by atoms with Crippen LogP contribution in [0.4, 0.5) is 5.69 Å². The van der Waals surface area contributed by atoms with Crippen LogP contribution in [0.15, 0.2) is 53.0 Å². The Bertz CT molecular complexity index is 694. The zero-order chi connectivity index (χ0) is 14.8. The van der Waals surface area contributed by atoms with Gasteiger partial charge < -0.3 is 4.90 Å². The number of Topliss-reactive ketones (excluding diaryl/α,β-unsaturated/α-hetero) is 1. The Morgan fingerprint density at radius 3 is 2.52 bits per heavy atom. The number of fused-ring (bicyclic) bond motifs is 1. The van der Waals surface area contributed by atoms with Gasteiger partial charge in [-0.3, -0.25) is 9.59 Å². The molecule has 106 valence electrons. The van der Waals surface area contributed by atoms with Gasteiger partial charge in [0.2, 0.25) is 5.91 Å². The minimum absolute atomic E-state index is 0.0131. The van der Waals surface area contributed by atoms with Gasteiger partial charge in [-0.05, 0) is 30.2 Å². The molecule has 0 saturated carbocycles. The number of halogens is 1. The van der Waals surface area contributed by atoms with Crippen LogP contribution in [0.5, 0.6) is 0 Å². The van der Waals surface area contributed by atoms with Gasteiger partial charge in [-0.1, -0.05) is 46.3 Å². The number of rotatable bonds is 3. The van der Waals surface area contributed by atoms with Crippen LogP contribution in [-0.4, -0.2) is 18.2 Å². The predicted molar refractivity (Wildman–Crippen MR) is 85.6 cm³/mol. The van der Waals surface area contributed by atoms with Gasteiger partial charge in [-0.25, -0.2) is 0 Å². The Balaban J connectivity index is 1.85. The summed E-state index contributed by atoms with van der Waals surface area (Å²) in [4.78, 5) is 26.1. The molecule has 2 aromatic carbocycles. The lowest BCUT2D eigenvalue weighted by Crippen LogP contribution is -2.39. The third-order valence-corrected chi connectivity index (χ3v) is 4.19. The van der Waals surface area contributed by atoms with E-state index in [9.17, 15) is 9.59 Å². The van der Waals surface area contributed by atoms with Crippen molar-refractivity contribution < 1.29 is 9.59 Å². The number of hydrogen-bond acceptors (Lipinski definition) is 2. The second kappa shape index (κ2) is 5.82. The molecule has 2 aromatic rings. The van der Waals surface area contributed by atoms with Crippen LogP contribution >= 0.6 is 15.9 Å². The van der Waals surface area contributed by atoms with Gasteiger partial charge in [0.1, 0.15) is 0 Å². The summed E-state index contributed by atoms with van der Waals surface area (Å²) in [6.45, 7) is 0.0947. The molecule has 1 aliphatic rings. The molecule has 0 aliphatic carbocycles. The molecular formula is C17H14BrNO2. The summed E-state index contributed by atoms with van der Waals surface area (Å²) in [6.07, 6.45) is 1.21. The Labute approximate surface area is 131 Å². The van der Waals surface area contributed by atoms with Crippen molar-refractivity contribution in [1.29, 1.82) is 0 Å². The van der Waals surface area contributed by atoms with Crippen LogP contribution in [0.25, 0.3) is 0 Å². The van der Waals surface area contributed by atoms with Crippen molar-refractivity contribution in [3.05, 3.63) is 64.1 Å². The van der Waals surface area contributed by atoms with Crippen LogP contribution in [0.2, 0.25) is 0 Å². The zero-order valence-corrected chi connectivity index (χ0v) is 13.0. The summed E-state index contributed by atoms with van der Waals surface area (Å²) in [5.74, 6) is -0.0354. The van der Waals surface area contributed by atoms with Crippen molar-refractivity contribution in [3.8, 4) is 0 Å². The normalized spacial score (nSPS) is 14.0. The molecule has 0 spiro atoms. The van der Waals surface area contributed by atoms with Crippen molar-refractivity contribution in [2.24, 2.45) is 0 Å². The summed E-state index contributed by atoms with van der Waals surface area (Å²) in [5, 5.41) is 0. The maximum atomic E-state index is 12.4. The summed E-state index contributed by atoms with van der Waals surface area (Å²) >= 11 is 3.35. The topological polar surface area (TPSA) is 37.4 Å². The van der Waals surface area contributed by atoms with E-state index in [2.05, 4.69) is 15.9 Å². The number of hydrogen-bond donors (Lipinski definition) is 0. The van der Waals surface area contributed by atoms with Gasteiger partial charge in [0.25, 0.3) is 0 Å².